The van der Waals surface area contributed by atoms with Gasteiger partial charge in [-0.3, -0.25) is 4.79 Å². The number of anilines is 1. The summed E-state index contributed by atoms with van der Waals surface area (Å²) in [6.45, 7) is 1.61. The van der Waals surface area contributed by atoms with Crippen LogP contribution in [0.3, 0.4) is 0 Å². The van der Waals surface area contributed by atoms with Crippen LogP contribution in [0.4, 0.5) is 14.5 Å². The normalized spacial score (nSPS) is 11.6. The second-order valence-electron chi connectivity index (χ2n) is 5.81. The quantitative estimate of drug-likeness (QED) is 0.512. The van der Waals surface area contributed by atoms with Gasteiger partial charge < -0.3 is 14.3 Å². The van der Waals surface area contributed by atoms with E-state index in [0.717, 1.165) is 0 Å². The van der Waals surface area contributed by atoms with Gasteiger partial charge in [0.15, 0.2) is 16.6 Å². The summed E-state index contributed by atoms with van der Waals surface area (Å²) in [4.78, 5) is 20.9. The van der Waals surface area contributed by atoms with Gasteiger partial charge in [-0.15, -0.1) is 0 Å². The highest BCUT2D eigenvalue weighted by Crippen LogP contribution is 2.28. The first-order valence-corrected chi connectivity index (χ1v) is 8.95. The predicted octanol–water partition coefficient (Wildman–Crippen LogP) is 4.44. The molecule has 2 heterocycles. The van der Waals surface area contributed by atoms with Crippen LogP contribution >= 0.6 is 11.8 Å². The van der Waals surface area contributed by atoms with Gasteiger partial charge in [0.25, 0.3) is 5.76 Å². The van der Waals surface area contributed by atoms with Crippen molar-refractivity contribution < 1.29 is 18.0 Å². The standard InChI is InChI=1S/C18H14F2N4O2S/c1-10-21-13-8-11(6-7-15(13)26-10)22-16(25)9-24-14-5-3-2-4-12(14)23-18(24)27-17(19)20/h2-8,17H,9H2,1H3,(H,22,25). The van der Waals surface area contributed by atoms with Gasteiger partial charge in [0.2, 0.25) is 5.91 Å². The number of oxazole rings is 1. The van der Waals surface area contributed by atoms with Gasteiger partial charge in [0.1, 0.15) is 12.1 Å². The fourth-order valence-corrected chi connectivity index (χ4v) is 3.44. The number of hydrogen-bond donors (Lipinski definition) is 1. The lowest BCUT2D eigenvalue weighted by Crippen LogP contribution is -2.19. The van der Waals surface area contributed by atoms with Crippen molar-refractivity contribution in [1.29, 1.82) is 0 Å². The lowest BCUT2D eigenvalue weighted by molar-refractivity contribution is -0.116. The molecule has 0 bridgehead atoms. The zero-order valence-corrected chi connectivity index (χ0v) is 15.0. The maximum atomic E-state index is 12.9. The molecule has 2 aromatic carbocycles. The van der Waals surface area contributed by atoms with Crippen LogP contribution in [0.5, 0.6) is 0 Å². The number of aryl methyl sites for hydroxylation is 1. The number of hydrogen-bond acceptors (Lipinski definition) is 5. The molecule has 138 valence electrons. The van der Waals surface area contributed by atoms with E-state index in [9.17, 15) is 13.6 Å². The van der Waals surface area contributed by atoms with Crippen LogP contribution in [0.2, 0.25) is 0 Å². The first kappa shape index (κ1) is 17.5. The van der Waals surface area contributed by atoms with Crippen molar-refractivity contribution in [2.45, 2.75) is 24.4 Å². The van der Waals surface area contributed by atoms with E-state index in [-0.39, 0.29) is 17.6 Å². The number of carbonyl (C=O) groups excluding carboxylic acids is 1. The largest absolute Gasteiger partial charge is 0.441 e. The minimum Gasteiger partial charge on any atom is -0.441 e. The number of amides is 1. The Morgan fingerprint density at radius 3 is 2.85 bits per heavy atom. The van der Waals surface area contributed by atoms with E-state index in [1.807, 2.05) is 0 Å². The fourth-order valence-electron chi connectivity index (χ4n) is 2.84. The summed E-state index contributed by atoms with van der Waals surface area (Å²) >= 11 is 0.320. The number of alkyl halides is 2. The Hall–Kier alpha value is -2.94. The molecule has 0 radical (unpaired) electrons. The van der Waals surface area contributed by atoms with Crippen LogP contribution in [-0.4, -0.2) is 26.2 Å². The minimum atomic E-state index is -2.62. The van der Waals surface area contributed by atoms with Crippen molar-refractivity contribution >= 4 is 45.5 Å². The number of para-hydroxylation sites is 2. The molecule has 0 aliphatic carbocycles. The zero-order chi connectivity index (χ0) is 19.0. The third kappa shape index (κ3) is 3.63. The molecule has 4 rings (SSSR count). The average Bonchev–Trinajstić information content (AvgIpc) is 3.14. The Balaban J connectivity index is 1.59. The van der Waals surface area contributed by atoms with Gasteiger partial charge in [-0.05, 0) is 42.1 Å². The molecule has 0 atom stereocenters. The molecule has 0 saturated heterocycles. The Bertz CT molecular complexity index is 1140. The monoisotopic (exact) mass is 388 g/mol. The number of rotatable bonds is 5. The summed E-state index contributed by atoms with van der Waals surface area (Å²) in [5, 5.41) is 2.86. The number of carbonyl (C=O) groups is 1. The number of aromatic nitrogens is 3. The van der Waals surface area contributed by atoms with Gasteiger partial charge in [-0.1, -0.05) is 12.1 Å². The second kappa shape index (κ2) is 6.99. The predicted molar refractivity (Wildman–Crippen MR) is 99.0 cm³/mol. The van der Waals surface area contributed by atoms with Gasteiger partial charge in [-0.2, -0.15) is 8.78 Å². The molecule has 6 nitrogen and oxygen atoms in total. The van der Waals surface area contributed by atoms with E-state index in [4.69, 9.17) is 4.42 Å². The molecule has 1 N–H and O–H groups in total. The number of fused-ring (bicyclic) bond motifs is 2. The van der Waals surface area contributed by atoms with Crippen molar-refractivity contribution in [2.24, 2.45) is 0 Å². The van der Waals surface area contributed by atoms with E-state index in [1.165, 1.54) is 4.57 Å². The van der Waals surface area contributed by atoms with Gasteiger partial charge in [-0.25, -0.2) is 9.97 Å². The van der Waals surface area contributed by atoms with Crippen molar-refractivity contribution in [3.63, 3.8) is 0 Å². The molecular formula is C18H14F2N4O2S. The molecule has 0 unspecified atom stereocenters. The first-order valence-electron chi connectivity index (χ1n) is 8.07. The summed E-state index contributed by atoms with van der Waals surface area (Å²) in [5.74, 6) is -2.44. The van der Waals surface area contributed by atoms with Crippen molar-refractivity contribution in [3.8, 4) is 0 Å². The highest BCUT2D eigenvalue weighted by molar-refractivity contribution is 7.99. The van der Waals surface area contributed by atoms with Crippen LogP contribution in [0.15, 0.2) is 52.0 Å². The van der Waals surface area contributed by atoms with E-state index in [2.05, 4.69) is 15.3 Å². The van der Waals surface area contributed by atoms with Crippen LogP contribution in [0.25, 0.3) is 22.1 Å². The van der Waals surface area contributed by atoms with E-state index in [1.54, 1.807) is 49.4 Å². The number of nitrogens with one attached hydrogen (secondary N) is 1. The van der Waals surface area contributed by atoms with E-state index >= 15 is 0 Å². The molecule has 2 aromatic heterocycles. The Labute approximate surface area is 156 Å². The molecule has 0 fully saturated rings. The van der Waals surface area contributed by atoms with Gasteiger partial charge in [0, 0.05) is 12.6 Å². The number of thioether (sulfide) groups is 1. The number of benzene rings is 2. The second-order valence-corrected chi connectivity index (χ2v) is 6.77. The smallest absolute Gasteiger partial charge is 0.291 e. The maximum absolute atomic E-state index is 12.9. The number of imidazole rings is 1. The van der Waals surface area contributed by atoms with Crippen LogP contribution in [-0.2, 0) is 11.3 Å². The Morgan fingerprint density at radius 2 is 2.04 bits per heavy atom. The molecule has 9 heteroatoms. The topological polar surface area (TPSA) is 73.0 Å². The van der Waals surface area contributed by atoms with Crippen molar-refractivity contribution in [3.05, 3.63) is 48.4 Å². The van der Waals surface area contributed by atoms with Gasteiger partial charge >= 0.3 is 0 Å². The lowest BCUT2D eigenvalue weighted by Gasteiger charge is -2.09. The van der Waals surface area contributed by atoms with Crippen molar-refractivity contribution in [1.82, 2.24) is 14.5 Å². The molecule has 4 aromatic rings. The third-order valence-corrected chi connectivity index (χ3v) is 4.59. The van der Waals surface area contributed by atoms with Crippen LogP contribution in [0, 0.1) is 6.92 Å². The zero-order valence-electron chi connectivity index (χ0n) is 14.1. The SMILES string of the molecule is Cc1nc2cc(NC(=O)Cn3c(SC(F)F)nc4ccccc43)ccc2o1. The van der Waals surface area contributed by atoms with Crippen LogP contribution in [0.1, 0.15) is 5.89 Å². The molecular weight excluding hydrogens is 374 g/mol. The molecule has 0 aliphatic rings. The lowest BCUT2D eigenvalue weighted by atomic mass is 10.3. The highest BCUT2D eigenvalue weighted by Gasteiger charge is 2.18. The molecule has 27 heavy (non-hydrogen) atoms. The summed E-state index contributed by atoms with van der Waals surface area (Å²) in [5.41, 5.74) is 2.99. The summed E-state index contributed by atoms with van der Waals surface area (Å²) < 4.78 is 32.6. The molecule has 0 aliphatic heterocycles. The molecule has 0 saturated carbocycles. The summed E-state index contributed by atoms with van der Waals surface area (Å²) in [6.07, 6.45) is 0. The average molecular weight is 388 g/mol. The Kier molecular flexibility index (Phi) is 4.53. The summed E-state index contributed by atoms with van der Waals surface area (Å²) in [6, 6.07) is 12.1. The highest BCUT2D eigenvalue weighted by atomic mass is 32.2. The number of halogens is 2. The molecule has 1 amide bonds. The maximum Gasteiger partial charge on any atom is 0.291 e. The summed E-state index contributed by atoms with van der Waals surface area (Å²) in [7, 11) is 0. The molecule has 0 spiro atoms. The van der Waals surface area contributed by atoms with Crippen LogP contribution < -0.4 is 5.32 Å². The Morgan fingerprint density at radius 1 is 1.22 bits per heavy atom. The van der Waals surface area contributed by atoms with Crippen molar-refractivity contribution in [2.75, 3.05) is 5.32 Å². The first-order chi connectivity index (χ1) is 13.0. The van der Waals surface area contributed by atoms with Gasteiger partial charge in [0.05, 0.1) is 11.0 Å². The fraction of sp³-hybridized carbons (Fsp3) is 0.167. The van der Waals surface area contributed by atoms with E-state index < -0.39 is 5.76 Å². The van der Waals surface area contributed by atoms with E-state index in [0.29, 0.717) is 45.5 Å². The third-order valence-electron chi connectivity index (χ3n) is 3.89. The number of nitrogens with zero attached hydrogens (tertiary/aromatic N) is 3. The minimum absolute atomic E-state index is 0.101.